The van der Waals surface area contributed by atoms with Gasteiger partial charge in [-0.2, -0.15) is 0 Å². The molecular formula is C56H100F5NO10. The highest BCUT2D eigenvalue weighted by Crippen LogP contribution is 2.24. The van der Waals surface area contributed by atoms with Crippen molar-refractivity contribution in [1.82, 2.24) is 4.90 Å². The first-order valence-electron chi connectivity index (χ1n) is 27.7. The standard InChI is InChI=1S/C54H94F5NO8.CH4O.CH2O/c1-5-9-13-27-37-63-41-45(42-64-38-28-14-10-6-2)67-48(61)31-23-19-17-21-25-34-60(36-33-47-50(55)52(57)54(59)53(58)51(47)56)35-26-22-18-20-24-32-49(62)68-46(43-65-39-29-15-11-7-3)44-66-40-30-16-12-8-4;2*1-2/h45-46H,5-44H2,1-4H3;2H,1H3;1H2. The van der Waals surface area contributed by atoms with E-state index in [0.29, 0.717) is 91.6 Å². The van der Waals surface area contributed by atoms with Crippen LogP contribution in [0.5, 0.6) is 0 Å². The molecule has 1 aromatic rings. The van der Waals surface area contributed by atoms with Gasteiger partial charge in [0.2, 0.25) is 5.82 Å². The molecule has 0 amide bonds. The highest BCUT2D eigenvalue weighted by Gasteiger charge is 2.26. The van der Waals surface area contributed by atoms with Crippen LogP contribution in [0.4, 0.5) is 22.0 Å². The fraction of sp³-hybridized carbons (Fsp3) is 0.839. The maximum atomic E-state index is 14.6. The van der Waals surface area contributed by atoms with E-state index in [-0.39, 0.29) is 24.9 Å². The zero-order valence-electron chi connectivity index (χ0n) is 45.6. The van der Waals surface area contributed by atoms with E-state index in [0.717, 1.165) is 136 Å². The van der Waals surface area contributed by atoms with Gasteiger partial charge in [-0.1, -0.05) is 143 Å². The molecule has 0 spiro atoms. The molecule has 0 aliphatic rings. The van der Waals surface area contributed by atoms with Crippen LogP contribution in [0.2, 0.25) is 0 Å². The highest BCUT2D eigenvalue weighted by molar-refractivity contribution is 5.69. The van der Waals surface area contributed by atoms with Crippen LogP contribution in [-0.4, -0.2) is 121 Å². The molecule has 0 bridgehead atoms. The molecule has 0 fully saturated rings. The Morgan fingerprint density at radius 2 is 0.694 bits per heavy atom. The summed E-state index contributed by atoms with van der Waals surface area (Å²) in [6.07, 6.45) is 25.0. The zero-order valence-corrected chi connectivity index (χ0v) is 45.6. The second-order valence-corrected chi connectivity index (χ2v) is 18.4. The van der Waals surface area contributed by atoms with Crippen molar-refractivity contribution in [2.45, 2.75) is 226 Å². The number of aliphatic hydroxyl groups is 1. The summed E-state index contributed by atoms with van der Waals surface area (Å²) in [6, 6.07) is 0. The Labute approximate surface area is 432 Å². The molecule has 0 heterocycles. The number of nitrogens with zero attached hydrogens (tertiary/aromatic N) is 1. The number of rotatable bonds is 49. The third-order valence-corrected chi connectivity index (χ3v) is 12.1. The number of benzene rings is 1. The van der Waals surface area contributed by atoms with Crippen LogP contribution in [0, 0.1) is 29.1 Å². The Balaban J connectivity index is 0. The lowest BCUT2D eigenvalue weighted by Crippen LogP contribution is -2.29. The van der Waals surface area contributed by atoms with Crippen LogP contribution < -0.4 is 0 Å². The summed E-state index contributed by atoms with van der Waals surface area (Å²) in [4.78, 5) is 35.5. The van der Waals surface area contributed by atoms with Gasteiger partial charge in [0.05, 0.1) is 26.4 Å². The first-order valence-corrected chi connectivity index (χ1v) is 27.7. The van der Waals surface area contributed by atoms with Crippen molar-refractivity contribution < 1.29 is 69.9 Å². The average molecular weight is 1040 g/mol. The number of unbranched alkanes of at least 4 members (excludes halogenated alkanes) is 20. The second kappa shape index (κ2) is 53.1. The molecule has 1 aromatic carbocycles. The topological polar surface area (TPSA) is 130 Å². The first-order chi connectivity index (χ1) is 35.1. The zero-order chi connectivity index (χ0) is 53.9. The Kier molecular flexibility index (Phi) is 52.6. The molecule has 11 nitrogen and oxygen atoms in total. The number of carbonyl (C=O) groups excluding carboxylic acids is 3. The van der Waals surface area contributed by atoms with Gasteiger partial charge in [-0.3, -0.25) is 9.59 Å². The van der Waals surface area contributed by atoms with Crippen LogP contribution in [0.15, 0.2) is 0 Å². The van der Waals surface area contributed by atoms with E-state index in [2.05, 4.69) is 27.7 Å². The van der Waals surface area contributed by atoms with Gasteiger partial charge in [0.25, 0.3) is 0 Å². The molecule has 0 atom stereocenters. The van der Waals surface area contributed by atoms with Gasteiger partial charge in [-0.15, -0.1) is 0 Å². The molecule has 72 heavy (non-hydrogen) atoms. The van der Waals surface area contributed by atoms with Gasteiger partial charge >= 0.3 is 11.9 Å². The summed E-state index contributed by atoms with van der Waals surface area (Å²) in [5, 5.41) is 7.00. The number of hydrogen-bond donors (Lipinski definition) is 1. The lowest BCUT2D eigenvalue weighted by atomic mass is 10.1. The van der Waals surface area contributed by atoms with Gasteiger partial charge in [0, 0.05) is 58.5 Å². The van der Waals surface area contributed by atoms with Gasteiger partial charge in [-0.05, 0) is 70.9 Å². The number of hydrogen-bond acceptors (Lipinski definition) is 11. The maximum Gasteiger partial charge on any atom is 0.306 e. The van der Waals surface area contributed by atoms with Crippen LogP contribution in [0.25, 0.3) is 0 Å². The van der Waals surface area contributed by atoms with E-state index >= 15 is 0 Å². The minimum atomic E-state index is -2.16. The number of esters is 2. The van der Waals surface area contributed by atoms with Crippen molar-refractivity contribution in [3.8, 4) is 0 Å². The molecule has 0 aliphatic carbocycles. The molecule has 0 saturated heterocycles. The molecule has 0 aliphatic heterocycles. The summed E-state index contributed by atoms with van der Waals surface area (Å²) >= 11 is 0. The fourth-order valence-corrected chi connectivity index (χ4v) is 7.85. The molecule has 16 heteroatoms. The third-order valence-electron chi connectivity index (χ3n) is 12.1. The van der Waals surface area contributed by atoms with Gasteiger partial charge in [0.1, 0.15) is 19.0 Å². The fourth-order valence-electron chi connectivity index (χ4n) is 7.85. The first kappa shape index (κ1) is 71.3. The van der Waals surface area contributed by atoms with Crippen LogP contribution in [0.1, 0.15) is 213 Å². The summed E-state index contributed by atoms with van der Waals surface area (Å²) in [5.74, 6) is -10.1. The van der Waals surface area contributed by atoms with Crippen molar-refractivity contribution in [3.05, 3.63) is 34.6 Å². The quantitative estimate of drug-likeness (QED) is 0.0220. The molecule has 0 saturated carbocycles. The molecule has 424 valence electrons. The highest BCUT2D eigenvalue weighted by atomic mass is 19.2. The van der Waals surface area contributed by atoms with E-state index < -0.39 is 46.9 Å². The van der Waals surface area contributed by atoms with Crippen molar-refractivity contribution in [3.63, 3.8) is 0 Å². The lowest BCUT2D eigenvalue weighted by Gasteiger charge is -2.23. The van der Waals surface area contributed by atoms with E-state index in [4.69, 9.17) is 38.3 Å². The van der Waals surface area contributed by atoms with Crippen LogP contribution in [-0.2, 0) is 49.2 Å². The smallest absolute Gasteiger partial charge is 0.306 e. The van der Waals surface area contributed by atoms with E-state index in [1.807, 2.05) is 11.7 Å². The van der Waals surface area contributed by atoms with Gasteiger partial charge in [-0.25, -0.2) is 22.0 Å². The van der Waals surface area contributed by atoms with E-state index in [1.54, 1.807) is 0 Å². The van der Waals surface area contributed by atoms with Crippen molar-refractivity contribution in [1.29, 1.82) is 0 Å². The Hall–Kier alpha value is -2.76. The Bertz CT molecular complexity index is 1270. The van der Waals surface area contributed by atoms with Gasteiger partial charge < -0.3 is 43.2 Å². The predicted octanol–water partition coefficient (Wildman–Crippen LogP) is 13.5. The summed E-state index contributed by atoms with van der Waals surface area (Å²) in [6.45, 7) is 15.8. The van der Waals surface area contributed by atoms with Crippen molar-refractivity contribution >= 4 is 18.7 Å². The van der Waals surface area contributed by atoms with Crippen molar-refractivity contribution in [2.75, 3.05) is 79.6 Å². The number of ether oxygens (including phenoxy) is 6. The normalized spacial score (nSPS) is 11.2. The van der Waals surface area contributed by atoms with Crippen LogP contribution >= 0.6 is 0 Å². The predicted molar refractivity (Wildman–Crippen MR) is 277 cm³/mol. The third kappa shape index (κ3) is 39.7. The largest absolute Gasteiger partial charge is 0.457 e. The Morgan fingerprint density at radius 3 is 1.01 bits per heavy atom. The van der Waals surface area contributed by atoms with E-state index in [1.165, 1.54) is 25.7 Å². The SMILES string of the molecule is C=O.CCCCCCOCC(COCCCCCC)OC(=O)CCCCCCCN(CCCCCCCC(=O)OC(COCCCCCC)COCCCCCC)CCc1c(F)c(F)c(F)c(F)c1F.CO. The number of carbonyl (C=O) groups is 3. The van der Waals surface area contributed by atoms with Crippen molar-refractivity contribution in [2.24, 2.45) is 0 Å². The average Bonchev–Trinajstić information content (AvgIpc) is 3.39. The number of aliphatic hydroxyl groups excluding tert-OH is 1. The lowest BCUT2D eigenvalue weighted by molar-refractivity contribution is -0.157. The van der Waals surface area contributed by atoms with E-state index in [9.17, 15) is 31.5 Å². The molecule has 0 radical (unpaired) electrons. The number of halogens is 5. The molecule has 1 N–H and O–H groups in total. The minimum Gasteiger partial charge on any atom is -0.457 e. The molecule has 0 unspecified atom stereocenters. The molecular weight excluding hydrogens is 942 g/mol. The van der Waals surface area contributed by atoms with Crippen LogP contribution in [0.3, 0.4) is 0 Å². The second-order valence-electron chi connectivity index (χ2n) is 18.4. The minimum absolute atomic E-state index is 0.133. The Morgan fingerprint density at radius 1 is 0.417 bits per heavy atom. The monoisotopic (exact) mass is 1040 g/mol. The summed E-state index contributed by atoms with van der Waals surface area (Å²) < 4.78 is 106. The maximum absolute atomic E-state index is 14.6. The van der Waals surface area contributed by atoms with Gasteiger partial charge in [0.15, 0.2) is 23.3 Å². The summed E-state index contributed by atoms with van der Waals surface area (Å²) in [7, 11) is 1.00. The molecule has 0 aromatic heterocycles. The molecule has 1 rings (SSSR count). The summed E-state index contributed by atoms with van der Waals surface area (Å²) in [5.41, 5.74) is -0.802.